The second-order valence-corrected chi connectivity index (χ2v) is 8.25. The molecule has 1 fully saturated rings. The number of ketones is 2. The standard InChI is InChI=1S/C27H26N2O5/c1-4-8-21(30)20-15-22(28-16(20)2)29-24(17-11-13-19(34-3)14-12-17)23(26(32)27(29)33)25(31)18-9-6-5-7-10-18/h5-7,9-14,24,31H,4,8,15H2,1-3H3. The molecule has 2 heterocycles. The first kappa shape index (κ1) is 23.2. The summed E-state index contributed by atoms with van der Waals surface area (Å²) >= 11 is 0. The van der Waals surface area contributed by atoms with Crippen molar-refractivity contribution in [3.8, 4) is 5.75 Å². The zero-order valence-corrected chi connectivity index (χ0v) is 19.4. The highest BCUT2D eigenvalue weighted by Crippen LogP contribution is 2.42. The maximum atomic E-state index is 13.3. The molecule has 2 aliphatic rings. The minimum absolute atomic E-state index is 0.0133. The number of allylic oxidation sites excluding steroid dienone is 1. The summed E-state index contributed by atoms with van der Waals surface area (Å²) in [6, 6.07) is 14.7. The highest BCUT2D eigenvalue weighted by molar-refractivity contribution is 6.49. The molecule has 7 heteroatoms. The molecule has 2 aromatic carbocycles. The summed E-state index contributed by atoms with van der Waals surface area (Å²) in [5, 5.41) is 11.1. The van der Waals surface area contributed by atoms with Gasteiger partial charge in [0.1, 0.15) is 17.3 Å². The molecule has 1 unspecified atom stereocenters. The van der Waals surface area contributed by atoms with Crippen molar-refractivity contribution in [2.24, 2.45) is 4.99 Å². The van der Waals surface area contributed by atoms with Crippen LogP contribution in [0.4, 0.5) is 0 Å². The van der Waals surface area contributed by atoms with Crippen LogP contribution in [-0.2, 0) is 14.4 Å². The van der Waals surface area contributed by atoms with Crippen LogP contribution in [-0.4, -0.2) is 40.4 Å². The SMILES string of the molecule is CCCC(=O)C1=C(C)N=C(N2C(=O)C(=O)C(=C(O)c3ccccc3)C2c2ccc(OC)cc2)C1. The Morgan fingerprint density at radius 3 is 2.41 bits per heavy atom. The Morgan fingerprint density at radius 2 is 1.79 bits per heavy atom. The molecule has 0 radical (unpaired) electrons. The Kier molecular flexibility index (Phi) is 6.45. The fourth-order valence-electron chi connectivity index (χ4n) is 4.36. The van der Waals surface area contributed by atoms with Gasteiger partial charge in [0.05, 0.1) is 18.7 Å². The van der Waals surface area contributed by atoms with Crippen LogP contribution >= 0.6 is 0 Å². The highest BCUT2D eigenvalue weighted by atomic mass is 16.5. The molecule has 4 rings (SSSR count). The molecular formula is C27H26N2O5. The topological polar surface area (TPSA) is 96.3 Å². The van der Waals surface area contributed by atoms with E-state index in [1.807, 2.05) is 6.92 Å². The number of benzene rings is 2. The number of hydrogen-bond acceptors (Lipinski definition) is 6. The van der Waals surface area contributed by atoms with Gasteiger partial charge in [-0.3, -0.25) is 19.3 Å². The van der Waals surface area contributed by atoms with Crippen LogP contribution in [0.1, 0.15) is 50.3 Å². The van der Waals surface area contributed by atoms with E-state index in [2.05, 4.69) is 4.99 Å². The van der Waals surface area contributed by atoms with Gasteiger partial charge in [-0.1, -0.05) is 49.4 Å². The lowest BCUT2D eigenvalue weighted by Crippen LogP contribution is -2.35. The molecule has 2 aliphatic heterocycles. The molecule has 0 saturated carbocycles. The molecule has 0 aromatic heterocycles. The number of nitrogens with zero attached hydrogens (tertiary/aromatic N) is 2. The van der Waals surface area contributed by atoms with Gasteiger partial charge in [-0.25, -0.2) is 4.99 Å². The Hall–Kier alpha value is -4.00. The molecule has 0 bridgehead atoms. The molecule has 34 heavy (non-hydrogen) atoms. The van der Waals surface area contributed by atoms with Crippen molar-refractivity contribution in [3.63, 3.8) is 0 Å². The number of aliphatic hydroxyl groups excluding tert-OH is 1. The van der Waals surface area contributed by atoms with E-state index in [1.54, 1.807) is 68.6 Å². The van der Waals surface area contributed by atoms with Crippen LogP contribution in [0.15, 0.2) is 76.4 Å². The summed E-state index contributed by atoms with van der Waals surface area (Å²) in [7, 11) is 1.55. The summed E-state index contributed by atoms with van der Waals surface area (Å²) in [5.74, 6) is -0.905. The normalized spacial score (nSPS) is 19.6. The zero-order chi connectivity index (χ0) is 24.4. The number of ether oxygens (including phenoxy) is 1. The van der Waals surface area contributed by atoms with E-state index < -0.39 is 17.7 Å². The van der Waals surface area contributed by atoms with Crippen LogP contribution in [0.2, 0.25) is 0 Å². The number of hydrogen-bond donors (Lipinski definition) is 1. The number of methoxy groups -OCH3 is 1. The minimum Gasteiger partial charge on any atom is -0.507 e. The molecule has 174 valence electrons. The Balaban J connectivity index is 1.83. The van der Waals surface area contributed by atoms with E-state index in [4.69, 9.17) is 4.74 Å². The summed E-state index contributed by atoms with van der Waals surface area (Å²) < 4.78 is 5.25. The molecule has 1 N–H and O–H groups in total. The number of aliphatic imine (C=N–C) groups is 1. The number of likely N-dealkylation sites (tertiary alicyclic amines) is 1. The quantitative estimate of drug-likeness (QED) is 0.389. The Labute approximate surface area is 198 Å². The molecule has 1 atom stereocenters. The van der Waals surface area contributed by atoms with E-state index in [1.165, 1.54) is 4.90 Å². The zero-order valence-electron chi connectivity index (χ0n) is 19.4. The minimum atomic E-state index is -0.890. The summed E-state index contributed by atoms with van der Waals surface area (Å²) in [6.45, 7) is 3.66. The van der Waals surface area contributed by atoms with Gasteiger partial charge in [0.15, 0.2) is 5.78 Å². The van der Waals surface area contributed by atoms with Crippen LogP contribution in [0, 0.1) is 0 Å². The van der Waals surface area contributed by atoms with Gasteiger partial charge in [0.2, 0.25) is 0 Å². The van der Waals surface area contributed by atoms with E-state index in [0.29, 0.717) is 46.8 Å². The van der Waals surface area contributed by atoms with Crippen LogP contribution in [0.25, 0.3) is 5.76 Å². The van der Waals surface area contributed by atoms with Gasteiger partial charge < -0.3 is 9.84 Å². The number of amides is 1. The van der Waals surface area contributed by atoms with Crippen molar-refractivity contribution in [2.75, 3.05) is 7.11 Å². The average molecular weight is 459 g/mol. The molecular weight excluding hydrogens is 432 g/mol. The summed E-state index contributed by atoms with van der Waals surface area (Å²) in [4.78, 5) is 44.9. The van der Waals surface area contributed by atoms with Crippen molar-refractivity contribution < 1.29 is 24.2 Å². The largest absolute Gasteiger partial charge is 0.507 e. The number of amidine groups is 1. The fourth-order valence-corrected chi connectivity index (χ4v) is 4.36. The lowest BCUT2D eigenvalue weighted by molar-refractivity contribution is -0.137. The van der Waals surface area contributed by atoms with Gasteiger partial charge in [-0.05, 0) is 31.0 Å². The molecule has 0 aliphatic carbocycles. The van der Waals surface area contributed by atoms with Crippen LogP contribution in [0.3, 0.4) is 0 Å². The average Bonchev–Trinajstić information content (AvgIpc) is 3.36. The molecule has 1 amide bonds. The number of rotatable bonds is 6. The number of Topliss-reactive ketones (excluding diaryl/α,β-unsaturated/α-hetero) is 2. The van der Waals surface area contributed by atoms with Gasteiger partial charge >= 0.3 is 5.91 Å². The Bertz CT molecular complexity index is 1240. The highest BCUT2D eigenvalue weighted by Gasteiger charge is 2.49. The first-order chi connectivity index (χ1) is 16.4. The monoisotopic (exact) mass is 458 g/mol. The second-order valence-electron chi connectivity index (χ2n) is 8.25. The van der Waals surface area contributed by atoms with Crippen molar-refractivity contribution in [1.29, 1.82) is 0 Å². The van der Waals surface area contributed by atoms with Crippen LogP contribution < -0.4 is 4.74 Å². The smallest absolute Gasteiger partial charge is 0.301 e. The van der Waals surface area contributed by atoms with Crippen molar-refractivity contribution in [1.82, 2.24) is 4.90 Å². The van der Waals surface area contributed by atoms with Gasteiger partial charge in [-0.15, -0.1) is 0 Å². The van der Waals surface area contributed by atoms with Gasteiger partial charge in [0, 0.05) is 29.7 Å². The van der Waals surface area contributed by atoms with E-state index in [9.17, 15) is 19.5 Å². The summed E-state index contributed by atoms with van der Waals surface area (Å²) in [5.41, 5.74) is 2.13. The van der Waals surface area contributed by atoms with Gasteiger partial charge in [-0.2, -0.15) is 0 Å². The first-order valence-electron chi connectivity index (χ1n) is 11.2. The second kappa shape index (κ2) is 9.47. The number of carbonyl (C=O) groups is 3. The van der Waals surface area contributed by atoms with Crippen molar-refractivity contribution in [2.45, 2.75) is 39.2 Å². The number of carbonyl (C=O) groups excluding carboxylic acids is 3. The molecule has 0 spiro atoms. The lowest BCUT2D eigenvalue weighted by atomic mass is 9.95. The van der Waals surface area contributed by atoms with Crippen LogP contribution in [0.5, 0.6) is 5.75 Å². The molecule has 2 aromatic rings. The third-order valence-corrected chi connectivity index (χ3v) is 6.08. The van der Waals surface area contributed by atoms with E-state index in [-0.39, 0.29) is 23.5 Å². The molecule has 1 saturated heterocycles. The first-order valence-corrected chi connectivity index (χ1v) is 11.2. The lowest BCUT2D eigenvalue weighted by Gasteiger charge is -2.25. The predicted octanol–water partition coefficient (Wildman–Crippen LogP) is 4.56. The summed E-state index contributed by atoms with van der Waals surface area (Å²) in [6.07, 6.45) is 1.26. The third-order valence-electron chi connectivity index (χ3n) is 6.08. The van der Waals surface area contributed by atoms with Crippen molar-refractivity contribution in [3.05, 3.63) is 82.6 Å². The maximum Gasteiger partial charge on any atom is 0.301 e. The van der Waals surface area contributed by atoms with E-state index >= 15 is 0 Å². The maximum absolute atomic E-state index is 13.3. The predicted molar refractivity (Wildman–Crippen MR) is 128 cm³/mol. The van der Waals surface area contributed by atoms with Crippen molar-refractivity contribution >= 4 is 29.1 Å². The van der Waals surface area contributed by atoms with Gasteiger partial charge in [0.25, 0.3) is 5.78 Å². The molecule has 7 nitrogen and oxygen atoms in total. The van der Waals surface area contributed by atoms with E-state index in [0.717, 1.165) is 0 Å². The fraction of sp³-hybridized carbons (Fsp3) is 0.259. The third kappa shape index (κ3) is 4.05. The number of aliphatic hydroxyl groups is 1. The Morgan fingerprint density at radius 1 is 1.12 bits per heavy atom.